The number of rotatable bonds is 7. The van der Waals surface area contributed by atoms with Gasteiger partial charge in [-0.05, 0) is 54.4 Å². The van der Waals surface area contributed by atoms with Crippen molar-refractivity contribution in [2.45, 2.75) is 32.6 Å². The Morgan fingerprint density at radius 1 is 1.11 bits per heavy atom. The van der Waals surface area contributed by atoms with Crippen molar-refractivity contribution < 1.29 is 4.79 Å². The molecule has 148 valence electrons. The Kier molecular flexibility index (Phi) is 6.06. The minimum Gasteiger partial charge on any atom is -0.341 e. The predicted molar refractivity (Wildman–Crippen MR) is 113 cm³/mol. The monoisotopic (exact) mass is 377 g/mol. The number of carbonyl (C=O) groups is 1. The van der Waals surface area contributed by atoms with E-state index in [0.29, 0.717) is 5.91 Å². The zero-order valence-electron chi connectivity index (χ0n) is 16.9. The van der Waals surface area contributed by atoms with Gasteiger partial charge in [0, 0.05) is 45.1 Å². The van der Waals surface area contributed by atoms with E-state index in [1.807, 2.05) is 12.3 Å². The predicted octanol–water partition coefficient (Wildman–Crippen LogP) is 3.87. The molecule has 4 rings (SSSR count). The first kappa shape index (κ1) is 19.1. The van der Waals surface area contributed by atoms with Crippen LogP contribution in [-0.4, -0.2) is 53.4 Å². The number of amides is 1. The maximum absolute atomic E-state index is 13.2. The van der Waals surface area contributed by atoms with Crippen molar-refractivity contribution in [1.82, 2.24) is 14.8 Å². The fourth-order valence-corrected chi connectivity index (χ4v) is 4.28. The number of benzene rings is 1. The SMILES string of the molecule is CCCN1CCN(CC2CC2)CC(Cc2cccc(-c3cccnc3)c2)C1=O. The third kappa shape index (κ3) is 4.79. The summed E-state index contributed by atoms with van der Waals surface area (Å²) in [5.74, 6) is 1.26. The van der Waals surface area contributed by atoms with Crippen LogP contribution in [0, 0.1) is 11.8 Å². The van der Waals surface area contributed by atoms with E-state index in [0.717, 1.165) is 50.5 Å². The first-order valence-electron chi connectivity index (χ1n) is 10.7. The average molecular weight is 378 g/mol. The molecule has 1 saturated carbocycles. The lowest BCUT2D eigenvalue weighted by molar-refractivity contribution is -0.134. The van der Waals surface area contributed by atoms with Crippen molar-refractivity contribution in [3.63, 3.8) is 0 Å². The van der Waals surface area contributed by atoms with Gasteiger partial charge in [-0.25, -0.2) is 0 Å². The number of carbonyl (C=O) groups excluding carboxylic acids is 1. The van der Waals surface area contributed by atoms with E-state index in [1.165, 1.54) is 30.5 Å². The van der Waals surface area contributed by atoms with Gasteiger partial charge in [0.05, 0.1) is 5.92 Å². The van der Waals surface area contributed by atoms with Crippen LogP contribution < -0.4 is 0 Å². The van der Waals surface area contributed by atoms with Gasteiger partial charge in [-0.2, -0.15) is 0 Å². The van der Waals surface area contributed by atoms with Crippen LogP contribution in [0.3, 0.4) is 0 Å². The lowest BCUT2D eigenvalue weighted by atomic mass is 9.95. The Balaban J connectivity index is 1.52. The summed E-state index contributed by atoms with van der Waals surface area (Å²) in [4.78, 5) is 22.1. The second kappa shape index (κ2) is 8.87. The highest BCUT2D eigenvalue weighted by Gasteiger charge is 2.32. The van der Waals surface area contributed by atoms with Gasteiger partial charge < -0.3 is 9.80 Å². The molecule has 1 unspecified atom stereocenters. The summed E-state index contributed by atoms with van der Waals surface area (Å²) >= 11 is 0. The average Bonchev–Trinajstić information content (AvgIpc) is 3.55. The molecule has 2 heterocycles. The number of hydrogen-bond acceptors (Lipinski definition) is 3. The van der Waals surface area contributed by atoms with Crippen LogP contribution in [0.5, 0.6) is 0 Å². The minimum absolute atomic E-state index is 0.0527. The zero-order chi connectivity index (χ0) is 19.3. The maximum atomic E-state index is 13.2. The molecular weight excluding hydrogens is 346 g/mol. The normalized spacial score (nSPS) is 21.0. The second-order valence-corrected chi connectivity index (χ2v) is 8.37. The Morgan fingerprint density at radius 2 is 1.96 bits per heavy atom. The van der Waals surface area contributed by atoms with Crippen LogP contribution in [-0.2, 0) is 11.2 Å². The topological polar surface area (TPSA) is 36.4 Å². The molecule has 1 aliphatic heterocycles. The number of hydrogen-bond donors (Lipinski definition) is 0. The molecule has 2 fully saturated rings. The van der Waals surface area contributed by atoms with E-state index in [9.17, 15) is 4.79 Å². The van der Waals surface area contributed by atoms with Crippen molar-refractivity contribution in [2.75, 3.05) is 32.7 Å². The quantitative estimate of drug-likeness (QED) is 0.735. The smallest absolute Gasteiger partial charge is 0.227 e. The number of nitrogens with zero attached hydrogens (tertiary/aromatic N) is 3. The molecule has 0 radical (unpaired) electrons. The van der Waals surface area contributed by atoms with E-state index >= 15 is 0 Å². The first-order chi connectivity index (χ1) is 13.7. The maximum Gasteiger partial charge on any atom is 0.227 e. The molecular formula is C24H31N3O. The molecule has 4 nitrogen and oxygen atoms in total. The van der Waals surface area contributed by atoms with Gasteiger partial charge in [0.15, 0.2) is 0 Å². The fraction of sp³-hybridized carbons (Fsp3) is 0.500. The van der Waals surface area contributed by atoms with Crippen molar-refractivity contribution in [2.24, 2.45) is 11.8 Å². The molecule has 1 saturated heterocycles. The van der Waals surface area contributed by atoms with E-state index < -0.39 is 0 Å². The van der Waals surface area contributed by atoms with Gasteiger partial charge in [-0.15, -0.1) is 0 Å². The van der Waals surface area contributed by atoms with Crippen LogP contribution in [0.2, 0.25) is 0 Å². The number of pyridine rings is 1. The van der Waals surface area contributed by atoms with Crippen LogP contribution >= 0.6 is 0 Å². The van der Waals surface area contributed by atoms with Crippen LogP contribution in [0.25, 0.3) is 11.1 Å². The summed E-state index contributed by atoms with van der Waals surface area (Å²) in [5, 5.41) is 0. The summed E-state index contributed by atoms with van der Waals surface area (Å²) < 4.78 is 0. The van der Waals surface area contributed by atoms with Crippen molar-refractivity contribution in [1.29, 1.82) is 0 Å². The standard InChI is InChI=1S/C24H31N3O/c1-2-11-27-13-12-26(17-19-8-9-19)18-23(24(27)28)15-20-5-3-6-21(14-20)22-7-4-10-25-16-22/h3-7,10,14,16,19,23H,2,8-9,11-13,15,17-18H2,1H3. The molecule has 4 heteroatoms. The highest BCUT2D eigenvalue weighted by Crippen LogP contribution is 2.31. The Labute approximate surface area is 168 Å². The summed E-state index contributed by atoms with van der Waals surface area (Å²) in [6.45, 7) is 7.00. The largest absolute Gasteiger partial charge is 0.341 e. The highest BCUT2D eigenvalue weighted by atomic mass is 16.2. The lowest BCUT2D eigenvalue weighted by Gasteiger charge is -2.24. The van der Waals surface area contributed by atoms with Gasteiger partial charge in [0.25, 0.3) is 0 Å². The van der Waals surface area contributed by atoms with Crippen LogP contribution in [0.15, 0.2) is 48.8 Å². The molecule has 1 amide bonds. The fourth-order valence-electron chi connectivity index (χ4n) is 4.28. The van der Waals surface area contributed by atoms with Crippen LogP contribution in [0.1, 0.15) is 31.7 Å². The Hall–Kier alpha value is -2.20. The molecule has 0 bridgehead atoms. The summed E-state index contributed by atoms with van der Waals surface area (Å²) in [6, 6.07) is 12.7. The van der Waals surface area contributed by atoms with E-state index in [2.05, 4.69) is 52.0 Å². The summed E-state index contributed by atoms with van der Waals surface area (Å²) in [5.41, 5.74) is 3.54. The highest BCUT2D eigenvalue weighted by molar-refractivity contribution is 5.80. The molecule has 1 aliphatic carbocycles. The van der Waals surface area contributed by atoms with E-state index in [1.54, 1.807) is 6.20 Å². The third-order valence-electron chi connectivity index (χ3n) is 5.94. The molecule has 28 heavy (non-hydrogen) atoms. The minimum atomic E-state index is 0.0527. The van der Waals surface area contributed by atoms with Gasteiger partial charge in [0.1, 0.15) is 0 Å². The molecule has 0 N–H and O–H groups in total. The van der Waals surface area contributed by atoms with E-state index in [4.69, 9.17) is 0 Å². The molecule has 2 aromatic rings. The first-order valence-corrected chi connectivity index (χ1v) is 10.7. The molecule has 1 atom stereocenters. The Morgan fingerprint density at radius 3 is 2.71 bits per heavy atom. The van der Waals surface area contributed by atoms with Crippen molar-refractivity contribution >= 4 is 5.91 Å². The third-order valence-corrected chi connectivity index (χ3v) is 5.94. The summed E-state index contributed by atoms with van der Waals surface area (Å²) in [7, 11) is 0. The molecule has 1 aromatic carbocycles. The zero-order valence-corrected chi connectivity index (χ0v) is 16.9. The second-order valence-electron chi connectivity index (χ2n) is 8.37. The van der Waals surface area contributed by atoms with E-state index in [-0.39, 0.29) is 5.92 Å². The lowest BCUT2D eigenvalue weighted by Crippen LogP contribution is -2.37. The van der Waals surface area contributed by atoms with Crippen molar-refractivity contribution in [3.8, 4) is 11.1 Å². The van der Waals surface area contributed by atoms with Gasteiger partial charge in [-0.1, -0.05) is 37.3 Å². The van der Waals surface area contributed by atoms with Crippen LogP contribution in [0.4, 0.5) is 0 Å². The van der Waals surface area contributed by atoms with Gasteiger partial charge in [0.2, 0.25) is 5.91 Å². The Bertz CT molecular complexity index is 787. The molecule has 1 aromatic heterocycles. The van der Waals surface area contributed by atoms with Gasteiger partial charge in [-0.3, -0.25) is 9.78 Å². The molecule has 0 spiro atoms. The molecule has 2 aliphatic rings. The van der Waals surface area contributed by atoms with Gasteiger partial charge >= 0.3 is 0 Å². The number of aromatic nitrogens is 1. The van der Waals surface area contributed by atoms with Crippen molar-refractivity contribution in [3.05, 3.63) is 54.4 Å². The summed E-state index contributed by atoms with van der Waals surface area (Å²) in [6.07, 6.45) is 8.26.